The van der Waals surface area contributed by atoms with Gasteiger partial charge in [-0.05, 0) is 48.6 Å². The summed E-state index contributed by atoms with van der Waals surface area (Å²) in [5.74, 6) is -1.08. The van der Waals surface area contributed by atoms with Crippen molar-refractivity contribution in [2.45, 2.75) is 56.0 Å². The Kier molecular flexibility index (Phi) is 7.63. The molecule has 7 nitrogen and oxygen atoms in total. The molecule has 9 heteroatoms. The average Bonchev–Trinajstić information content (AvgIpc) is 2.88. The molecule has 1 fully saturated rings. The van der Waals surface area contributed by atoms with Gasteiger partial charge in [-0.15, -0.1) is 0 Å². The lowest BCUT2D eigenvalue weighted by Gasteiger charge is -2.32. The van der Waals surface area contributed by atoms with Crippen LogP contribution in [-0.4, -0.2) is 55.1 Å². The summed E-state index contributed by atoms with van der Waals surface area (Å²) in [6.45, 7) is 1.36. The van der Waals surface area contributed by atoms with E-state index in [1.165, 1.54) is 28.1 Å². The zero-order valence-electron chi connectivity index (χ0n) is 19.1. The molecule has 4 rings (SSSR count). The van der Waals surface area contributed by atoms with Crippen LogP contribution in [0.15, 0.2) is 53.4 Å². The van der Waals surface area contributed by atoms with Gasteiger partial charge in [-0.25, -0.2) is 12.8 Å². The fourth-order valence-electron chi connectivity index (χ4n) is 4.60. The quantitative estimate of drug-likeness (QED) is 0.721. The van der Waals surface area contributed by atoms with Gasteiger partial charge in [0.2, 0.25) is 21.8 Å². The summed E-state index contributed by atoms with van der Waals surface area (Å²) in [6.07, 6.45) is 3.24. The van der Waals surface area contributed by atoms with Crippen molar-refractivity contribution in [1.82, 2.24) is 14.5 Å². The Balaban J connectivity index is 1.43. The van der Waals surface area contributed by atoms with Crippen molar-refractivity contribution in [3.05, 3.63) is 65.5 Å². The first-order chi connectivity index (χ1) is 16.3. The number of hydrogen-bond donors (Lipinski definition) is 1. The molecule has 2 aromatic carbocycles. The van der Waals surface area contributed by atoms with Crippen molar-refractivity contribution in [3.8, 4) is 0 Å². The standard InChI is InChI=1S/C25H30FN3O4S/c26-21-9-6-10-22(17-21)34(32,33)29-14-5-1-2-11-23(27-24(30)13-16-29)25(31)28-15-12-19-7-3-4-8-20(19)18-28/h3-4,6-10,17,23H,1-2,5,11-16,18H2,(H,27,30)/t23-/m0/s1. The zero-order chi connectivity index (χ0) is 24.1. The van der Waals surface area contributed by atoms with E-state index in [1.807, 2.05) is 18.2 Å². The number of carbonyl (C=O) groups is 2. The molecular formula is C25H30FN3O4S. The average molecular weight is 488 g/mol. The van der Waals surface area contributed by atoms with Gasteiger partial charge in [-0.1, -0.05) is 43.2 Å². The molecule has 0 radical (unpaired) electrons. The van der Waals surface area contributed by atoms with E-state index in [4.69, 9.17) is 0 Å². The number of nitrogens with zero attached hydrogens (tertiary/aromatic N) is 2. The lowest BCUT2D eigenvalue weighted by molar-refractivity contribution is -0.137. The molecule has 0 aromatic heterocycles. The number of amides is 2. The minimum absolute atomic E-state index is 0.0251. The van der Waals surface area contributed by atoms with E-state index in [2.05, 4.69) is 11.4 Å². The van der Waals surface area contributed by atoms with Gasteiger partial charge in [0.15, 0.2) is 0 Å². The predicted octanol–water partition coefficient (Wildman–Crippen LogP) is 2.85. The summed E-state index contributed by atoms with van der Waals surface area (Å²) in [6, 6.07) is 12.3. The van der Waals surface area contributed by atoms with E-state index < -0.39 is 21.9 Å². The number of rotatable bonds is 3. The molecule has 1 saturated heterocycles. The fourth-order valence-corrected chi connectivity index (χ4v) is 6.11. The fraction of sp³-hybridized carbons (Fsp3) is 0.440. The Morgan fingerprint density at radius 2 is 1.74 bits per heavy atom. The zero-order valence-corrected chi connectivity index (χ0v) is 19.9. The predicted molar refractivity (Wildman–Crippen MR) is 126 cm³/mol. The number of fused-ring (bicyclic) bond motifs is 1. The first-order valence-corrected chi connectivity index (χ1v) is 13.2. The second-order valence-corrected chi connectivity index (χ2v) is 10.8. The highest BCUT2D eigenvalue weighted by molar-refractivity contribution is 7.89. The SMILES string of the molecule is O=C1CCN(S(=O)(=O)c2cccc(F)c2)CCCCC[C@@H](C(=O)N2CCc3ccccc3C2)N1. The third-order valence-corrected chi connectivity index (χ3v) is 8.39. The molecule has 0 aliphatic carbocycles. The number of sulfonamides is 1. The number of hydrogen-bond acceptors (Lipinski definition) is 4. The second kappa shape index (κ2) is 10.7. The summed E-state index contributed by atoms with van der Waals surface area (Å²) in [5, 5.41) is 2.84. The van der Waals surface area contributed by atoms with Crippen LogP contribution in [0.2, 0.25) is 0 Å². The van der Waals surface area contributed by atoms with Gasteiger partial charge >= 0.3 is 0 Å². The van der Waals surface area contributed by atoms with Gasteiger partial charge < -0.3 is 10.2 Å². The smallest absolute Gasteiger partial charge is 0.245 e. The van der Waals surface area contributed by atoms with E-state index in [0.29, 0.717) is 32.4 Å². The summed E-state index contributed by atoms with van der Waals surface area (Å²) >= 11 is 0. The summed E-state index contributed by atoms with van der Waals surface area (Å²) < 4.78 is 40.9. The third-order valence-electron chi connectivity index (χ3n) is 6.50. The first kappa shape index (κ1) is 24.3. The highest BCUT2D eigenvalue weighted by atomic mass is 32.2. The van der Waals surface area contributed by atoms with Gasteiger partial charge in [-0.3, -0.25) is 9.59 Å². The van der Waals surface area contributed by atoms with E-state index in [-0.39, 0.29) is 36.2 Å². The van der Waals surface area contributed by atoms with Crippen molar-refractivity contribution in [1.29, 1.82) is 0 Å². The van der Waals surface area contributed by atoms with Crippen LogP contribution in [-0.2, 0) is 32.6 Å². The Morgan fingerprint density at radius 3 is 2.53 bits per heavy atom. The Labute approximate surface area is 200 Å². The molecule has 0 unspecified atom stereocenters. The van der Waals surface area contributed by atoms with Crippen molar-refractivity contribution >= 4 is 21.8 Å². The molecular weight excluding hydrogens is 457 g/mol. The lowest BCUT2D eigenvalue weighted by atomic mass is 9.98. The van der Waals surface area contributed by atoms with Gasteiger partial charge in [-0.2, -0.15) is 4.31 Å². The summed E-state index contributed by atoms with van der Waals surface area (Å²) in [7, 11) is -3.92. The van der Waals surface area contributed by atoms with Crippen LogP contribution in [0.5, 0.6) is 0 Å². The molecule has 2 aliphatic heterocycles. The lowest BCUT2D eigenvalue weighted by Crippen LogP contribution is -2.50. The molecule has 34 heavy (non-hydrogen) atoms. The highest BCUT2D eigenvalue weighted by Crippen LogP contribution is 2.22. The number of benzene rings is 2. The monoisotopic (exact) mass is 487 g/mol. The van der Waals surface area contributed by atoms with Gasteiger partial charge in [0.1, 0.15) is 11.9 Å². The minimum Gasteiger partial charge on any atom is -0.344 e. The summed E-state index contributed by atoms with van der Waals surface area (Å²) in [5.41, 5.74) is 2.38. The van der Waals surface area contributed by atoms with E-state index >= 15 is 0 Å². The molecule has 0 bridgehead atoms. The Bertz CT molecular complexity index is 1150. The van der Waals surface area contributed by atoms with Crippen LogP contribution in [0.1, 0.15) is 43.2 Å². The molecule has 0 spiro atoms. The molecule has 2 aromatic rings. The molecule has 0 saturated carbocycles. The van der Waals surface area contributed by atoms with Gasteiger partial charge in [0, 0.05) is 32.6 Å². The first-order valence-electron chi connectivity index (χ1n) is 11.8. The van der Waals surface area contributed by atoms with Crippen molar-refractivity contribution < 1.29 is 22.4 Å². The van der Waals surface area contributed by atoms with Gasteiger partial charge in [0.25, 0.3) is 0 Å². The van der Waals surface area contributed by atoms with Crippen LogP contribution >= 0.6 is 0 Å². The van der Waals surface area contributed by atoms with Gasteiger partial charge in [0.05, 0.1) is 4.90 Å². The maximum absolute atomic E-state index is 13.6. The minimum atomic E-state index is -3.92. The molecule has 182 valence electrons. The number of nitrogens with one attached hydrogen (secondary N) is 1. The van der Waals surface area contributed by atoms with Crippen molar-refractivity contribution in [3.63, 3.8) is 0 Å². The van der Waals surface area contributed by atoms with Crippen LogP contribution in [0.4, 0.5) is 4.39 Å². The van der Waals surface area contributed by atoms with Crippen LogP contribution in [0, 0.1) is 5.82 Å². The van der Waals surface area contributed by atoms with Crippen LogP contribution in [0.3, 0.4) is 0 Å². The molecule has 1 N–H and O–H groups in total. The van der Waals surface area contributed by atoms with Crippen LogP contribution in [0.25, 0.3) is 0 Å². The van der Waals surface area contributed by atoms with E-state index in [0.717, 1.165) is 24.5 Å². The third kappa shape index (κ3) is 5.64. The highest BCUT2D eigenvalue weighted by Gasteiger charge is 2.30. The largest absolute Gasteiger partial charge is 0.344 e. The normalized spacial score (nSPS) is 20.7. The number of carbonyl (C=O) groups excluding carboxylic acids is 2. The molecule has 2 heterocycles. The molecule has 2 amide bonds. The van der Waals surface area contributed by atoms with E-state index in [9.17, 15) is 22.4 Å². The molecule has 1 atom stereocenters. The second-order valence-electron chi connectivity index (χ2n) is 8.86. The maximum atomic E-state index is 13.6. The van der Waals surface area contributed by atoms with E-state index in [1.54, 1.807) is 4.90 Å². The van der Waals surface area contributed by atoms with Crippen molar-refractivity contribution in [2.75, 3.05) is 19.6 Å². The molecule has 2 aliphatic rings. The number of halogens is 1. The topological polar surface area (TPSA) is 86.8 Å². The summed E-state index contributed by atoms with van der Waals surface area (Å²) in [4.78, 5) is 27.7. The maximum Gasteiger partial charge on any atom is 0.245 e. The van der Waals surface area contributed by atoms with Crippen molar-refractivity contribution in [2.24, 2.45) is 0 Å². The van der Waals surface area contributed by atoms with Crippen LogP contribution < -0.4 is 5.32 Å². The Hall–Kier alpha value is -2.78. The Morgan fingerprint density at radius 1 is 0.941 bits per heavy atom.